The number of ether oxygens (including phenoxy) is 11. The number of methoxy groups -OCH3 is 2. The van der Waals surface area contributed by atoms with Gasteiger partial charge >= 0.3 is 5.97 Å². The number of carbonyl (C=O) groups excluding carboxylic acids is 1. The summed E-state index contributed by atoms with van der Waals surface area (Å²) < 4.78 is 70.2. The fraction of sp³-hybridized carbons (Fsp3) is 0.812. The van der Waals surface area contributed by atoms with Crippen LogP contribution in [0, 0.1) is 23.7 Å². The number of fused-ring (bicyclic) bond motifs is 2. The second-order valence-corrected chi connectivity index (χ2v) is 19.7. The van der Waals surface area contributed by atoms with Gasteiger partial charge in [-0.1, -0.05) is 64.5 Å². The van der Waals surface area contributed by atoms with Crippen molar-refractivity contribution in [3.63, 3.8) is 0 Å². The van der Waals surface area contributed by atoms with Gasteiger partial charge in [-0.2, -0.15) is 0 Å². The minimum atomic E-state index is -1.91. The standard InChI is InChI=1S/C48H72O15/c1-11-24(2)42-27(5)16-17-46(63-42)22-32-19-31(61-46)14-12-25(3)41(59-38-21-35(54-10)43(30(8)57-38)60-37-20-34(53-9)40(50)29(7)56-37)26(4)13-15-36-47(62-36)23-55-44-39(49)28(6)18-33(45(51)58-32)48(44,47)52/h12-13,15-18,24,26-27,29-44,49-50,52H,11,14,19-23H2,1-10H3/b15-13+,25-12+/t24?,26-,27+,29?,30?,31+,32-,33?,34?,35?,36?,37?,38?,39+,40?,41?,42?,43?,44+,46-,47?,48+/m0/s1. The van der Waals surface area contributed by atoms with Gasteiger partial charge in [-0.3, -0.25) is 4.79 Å². The summed E-state index contributed by atoms with van der Waals surface area (Å²) in [5.41, 5.74) is -1.72. The molecule has 22 atom stereocenters. The van der Waals surface area contributed by atoms with Crippen molar-refractivity contribution >= 4 is 5.97 Å². The van der Waals surface area contributed by atoms with Crippen LogP contribution in [0.2, 0.25) is 0 Å². The highest BCUT2D eigenvalue weighted by Crippen LogP contribution is 2.59. The van der Waals surface area contributed by atoms with Crippen molar-refractivity contribution in [3.05, 3.63) is 47.6 Å². The normalized spacial score (nSPS) is 51.9. The van der Waals surface area contributed by atoms with Gasteiger partial charge in [0.05, 0.1) is 49.3 Å². The average molecular weight is 889 g/mol. The summed E-state index contributed by atoms with van der Waals surface area (Å²) >= 11 is 0. The maximum atomic E-state index is 14.5. The van der Waals surface area contributed by atoms with Gasteiger partial charge in [-0.15, -0.1) is 0 Å². The highest BCUT2D eigenvalue weighted by molar-refractivity contribution is 5.78. The van der Waals surface area contributed by atoms with Gasteiger partial charge in [-0.25, -0.2) is 0 Å². The molecule has 0 aromatic rings. The van der Waals surface area contributed by atoms with Crippen LogP contribution in [0.4, 0.5) is 0 Å². The zero-order valence-corrected chi connectivity index (χ0v) is 38.6. The van der Waals surface area contributed by atoms with Gasteiger partial charge in [0.15, 0.2) is 24.0 Å². The number of carbonyl (C=O) groups is 1. The first kappa shape index (κ1) is 47.4. The lowest BCUT2D eigenvalue weighted by Gasteiger charge is -2.48. The van der Waals surface area contributed by atoms with E-state index < -0.39 is 115 Å². The Morgan fingerprint density at radius 1 is 0.857 bits per heavy atom. The molecule has 354 valence electrons. The second-order valence-electron chi connectivity index (χ2n) is 19.7. The number of rotatable bonds is 8. The fourth-order valence-electron chi connectivity index (χ4n) is 11.3. The molecule has 0 amide bonds. The SMILES string of the molecule is CCC(C)C1O[C@@]2(C=C[C@H]1C)C[C@@H]1C[C@@H](C/C=C(\C)C(OC3CC(OC)C(OC4CC(OC)C(O)C(C)O4)C(C)O3)[C@@H](C)/C=C/C3OC34CO[C@@H]3[C@H](O)C(C)=CC(C(=O)O1)[C@@]34O)O2. The average Bonchev–Trinajstić information content (AvgIpc) is 3.90. The maximum absolute atomic E-state index is 14.5. The number of hydrogen-bond acceptors (Lipinski definition) is 15. The zero-order chi connectivity index (χ0) is 45.2. The smallest absolute Gasteiger partial charge is 0.316 e. The summed E-state index contributed by atoms with van der Waals surface area (Å²) in [6.45, 7) is 16.0. The van der Waals surface area contributed by atoms with Crippen molar-refractivity contribution in [2.24, 2.45) is 23.7 Å². The van der Waals surface area contributed by atoms with E-state index in [0.29, 0.717) is 31.3 Å². The van der Waals surface area contributed by atoms with Crippen LogP contribution in [0.1, 0.15) is 93.9 Å². The molecule has 0 aromatic carbocycles. The lowest BCUT2D eigenvalue weighted by Crippen LogP contribution is -2.63. The van der Waals surface area contributed by atoms with Gasteiger partial charge in [-0.05, 0) is 57.3 Å². The molecule has 7 heterocycles. The second kappa shape index (κ2) is 18.5. The van der Waals surface area contributed by atoms with E-state index in [1.54, 1.807) is 34.1 Å². The Morgan fingerprint density at radius 3 is 2.30 bits per heavy atom. The van der Waals surface area contributed by atoms with E-state index in [1.165, 1.54) is 0 Å². The molecule has 2 bridgehead atoms. The molecule has 5 fully saturated rings. The summed E-state index contributed by atoms with van der Waals surface area (Å²) in [6, 6.07) is 0. The number of epoxide rings is 1. The van der Waals surface area contributed by atoms with Gasteiger partial charge in [0.2, 0.25) is 0 Å². The van der Waals surface area contributed by atoms with Crippen molar-refractivity contribution in [2.45, 2.75) is 203 Å². The van der Waals surface area contributed by atoms with Crippen molar-refractivity contribution in [3.8, 4) is 0 Å². The van der Waals surface area contributed by atoms with Crippen molar-refractivity contribution in [2.75, 3.05) is 20.8 Å². The van der Waals surface area contributed by atoms with E-state index in [-0.39, 0.29) is 36.9 Å². The molecule has 0 radical (unpaired) electrons. The quantitative estimate of drug-likeness (QED) is 0.175. The van der Waals surface area contributed by atoms with E-state index in [9.17, 15) is 20.1 Å². The van der Waals surface area contributed by atoms with Crippen molar-refractivity contribution in [1.82, 2.24) is 0 Å². The van der Waals surface area contributed by atoms with Crippen LogP contribution in [-0.4, -0.2) is 151 Å². The molecule has 14 unspecified atom stereocenters. The predicted molar refractivity (Wildman–Crippen MR) is 227 cm³/mol. The Morgan fingerprint density at radius 2 is 1.57 bits per heavy atom. The molecule has 2 spiro atoms. The van der Waals surface area contributed by atoms with Crippen molar-refractivity contribution in [1.29, 1.82) is 0 Å². The Balaban J connectivity index is 1.09. The van der Waals surface area contributed by atoms with E-state index in [1.807, 2.05) is 32.1 Å². The van der Waals surface area contributed by atoms with Gasteiger partial charge in [0, 0.05) is 51.7 Å². The highest BCUT2D eigenvalue weighted by atomic mass is 16.7. The number of esters is 1. The Bertz CT molecular complexity index is 1770. The first-order valence-corrected chi connectivity index (χ1v) is 23.3. The van der Waals surface area contributed by atoms with Crippen LogP contribution in [-0.2, 0) is 56.9 Å². The van der Waals surface area contributed by atoms with Crippen LogP contribution >= 0.6 is 0 Å². The van der Waals surface area contributed by atoms with E-state index in [0.717, 1.165) is 12.0 Å². The van der Waals surface area contributed by atoms with Crippen LogP contribution in [0.15, 0.2) is 47.6 Å². The van der Waals surface area contributed by atoms with Crippen LogP contribution in [0.5, 0.6) is 0 Å². The Kier molecular flexibility index (Phi) is 13.9. The van der Waals surface area contributed by atoms with E-state index in [4.69, 9.17) is 52.1 Å². The molecule has 0 saturated carbocycles. The summed E-state index contributed by atoms with van der Waals surface area (Å²) in [6.07, 6.45) is 5.94. The third-order valence-electron chi connectivity index (χ3n) is 15.3. The molecule has 15 nitrogen and oxygen atoms in total. The molecule has 1 aliphatic carbocycles. The van der Waals surface area contributed by atoms with Gasteiger partial charge in [0.1, 0.15) is 48.1 Å². The molecular formula is C48H72O15. The maximum Gasteiger partial charge on any atom is 0.316 e. The summed E-state index contributed by atoms with van der Waals surface area (Å²) in [5.74, 6) is -2.69. The first-order chi connectivity index (χ1) is 30.0. The lowest BCUT2D eigenvalue weighted by atomic mass is 9.67. The Hall–Kier alpha value is -2.09. The predicted octanol–water partition coefficient (Wildman–Crippen LogP) is 4.59. The van der Waals surface area contributed by atoms with Gasteiger partial charge in [0.25, 0.3) is 0 Å². The van der Waals surface area contributed by atoms with Crippen LogP contribution in [0.3, 0.4) is 0 Å². The van der Waals surface area contributed by atoms with E-state index >= 15 is 0 Å². The third-order valence-corrected chi connectivity index (χ3v) is 15.3. The molecular weight excluding hydrogens is 817 g/mol. The topological polar surface area (TPSA) is 183 Å². The summed E-state index contributed by atoms with van der Waals surface area (Å²) in [5, 5.41) is 34.6. The monoisotopic (exact) mass is 888 g/mol. The number of aliphatic hydroxyl groups excluding tert-OH is 2. The molecule has 5 saturated heterocycles. The summed E-state index contributed by atoms with van der Waals surface area (Å²) in [4.78, 5) is 14.5. The number of hydrogen-bond donors (Lipinski definition) is 3. The molecule has 15 heteroatoms. The first-order valence-electron chi connectivity index (χ1n) is 23.3. The highest BCUT2D eigenvalue weighted by Gasteiger charge is 2.79. The minimum absolute atomic E-state index is 0.0123. The van der Waals surface area contributed by atoms with Crippen LogP contribution in [0.25, 0.3) is 0 Å². The zero-order valence-electron chi connectivity index (χ0n) is 38.6. The number of aliphatic hydroxyl groups is 3. The summed E-state index contributed by atoms with van der Waals surface area (Å²) in [7, 11) is 3.22. The largest absolute Gasteiger partial charge is 0.462 e. The lowest BCUT2D eigenvalue weighted by molar-refractivity contribution is -0.318. The molecule has 0 aromatic heterocycles. The van der Waals surface area contributed by atoms with Crippen LogP contribution < -0.4 is 0 Å². The fourth-order valence-corrected chi connectivity index (χ4v) is 11.3. The van der Waals surface area contributed by atoms with Gasteiger partial charge < -0.3 is 67.4 Å². The molecule has 7 aliphatic heterocycles. The minimum Gasteiger partial charge on any atom is -0.462 e. The van der Waals surface area contributed by atoms with E-state index in [2.05, 4.69) is 39.8 Å². The molecule has 8 aliphatic rings. The molecule has 8 rings (SSSR count). The molecule has 3 N–H and O–H groups in total. The third kappa shape index (κ3) is 8.82. The van der Waals surface area contributed by atoms with Crippen molar-refractivity contribution < 1.29 is 72.2 Å². The Labute approximate surface area is 372 Å². The molecule has 63 heavy (non-hydrogen) atoms.